The molecule has 0 aliphatic heterocycles. The maximum atomic E-state index is 13.3. The van der Waals surface area contributed by atoms with Crippen molar-refractivity contribution in [2.45, 2.75) is 115 Å². The van der Waals surface area contributed by atoms with E-state index in [1.807, 2.05) is 13.8 Å². The zero-order chi connectivity index (χ0) is 27.6. The van der Waals surface area contributed by atoms with Crippen molar-refractivity contribution in [1.82, 2.24) is 0 Å². The highest BCUT2D eigenvalue weighted by molar-refractivity contribution is 5.95. The Morgan fingerprint density at radius 2 is 1.84 bits per heavy atom. The van der Waals surface area contributed by atoms with Gasteiger partial charge in [0.2, 0.25) is 0 Å². The summed E-state index contributed by atoms with van der Waals surface area (Å²) >= 11 is 0. The Morgan fingerprint density at radius 3 is 2.46 bits per heavy atom. The van der Waals surface area contributed by atoms with Gasteiger partial charge in [0.05, 0.1) is 23.4 Å². The van der Waals surface area contributed by atoms with Gasteiger partial charge in [-0.05, 0) is 100 Å². The summed E-state index contributed by atoms with van der Waals surface area (Å²) in [5.74, 6) is -1.34. The van der Waals surface area contributed by atoms with Crippen molar-refractivity contribution < 1.29 is 39.9 Å². The Labute approximate surface area is 220 Å². The van der Waals surface area contributed by atoms with E-state index in [1.165, 1.54) is 0 Å². The second kappa shape index (κ2) is 9.70. The van der Waals surface area contributed by atoms with Gasteiger partial charge in [-0.3, -0.25) is 4.79 Å². The summed E-state index contributed by atoms with van der Waals surface area (Å²) in [5.41, 5.74) is -2.43. The van der Waals surface area contributed by atoms with Crippen LogP contribution in [0.5, 0.6) is 0 Å². The van der Waals surface area contributed by atoms with Crippen molar-refractivity contribution in [1.29, 1.82) is 0 Å². The Hall–Kier alpha value is -1.32. The zero-order valence-electron chi connectivity index (χ0n) is 22.9. The molecule has 10 atom stereocenters. The third-order valence-corrected chi connectivity index (χ3v) is 10.9. The average Bonchev–Trinajstić information content (AvgIpc) is 3.09. The molecule has 3 fully saturated rings. The SMILES string of the molecule is C[C@@H]([C@H]1CC[C@@]2(O)C3=CC(=O)[C@@H]4C[C@@H](O)[C@@H](O)C[C@]4(C)[C@H]3CC[C@]12C)[C@@H](CCC(C)(C)O)OC(=O)CO. The van der Waals surface area contributed by atoms with Crippen LogP contribution in [-0.2, 0) is 14.3 Å². The Balaban J connectivity index is 1.65. The number of esters is 1. The van der Waals surface area contributed by atoms with Gasteiger partial charge < -0.3 is 30.3 Å². The lowest BCUT2D eigenvalue weighted by Gasteiger charge is -2.60. The molecule has 0 aromatic carbocycles. The van der Waals surface area contributed by atoms with Gasteiger partial charge in [0.1, 0.15) is 12.7 Å². The largest absolute Gasteiger partial charge is 0.460 e. The summed E-state index contributed by atoms with van der Waals surface area (Å²) in [6, 6.07) is 0. The molecular weight excluding hydrogens is 476 g/mol. The van der Waals surface area contributed by atoms with Gasteiger partial charge in [-0.25, -0.2) is 4.79 Å². The van der Waals surface area contributed by atoms with E-state index in [1.54, 1.807) is 19.9 Å². The molecule has 0 spiro atoms. The highest BCUT2D eigenvalue weighted by Crippen LogP contribution is 2.68. The minimum absolute atomic E-state index is 0.00273. The standard InChI is InChI=1S/C29H46O8/c1-16(24(37-25(34)15-30)8-9-26(2,3)35)17-7-11-29(36)19-12-21(31)20-13-22(32)23(33)14-27(20,4)18(19)6-10-28(17,29)5/h12,16-18,20,22-24,30,32-33,35-36H,6-11,13-15H2,1-5H3/t16-,17+,18-,20-,22+,23-,24+,27+,28+,29+/m0/s1. The first kappa shape index (κ1) is 28.7. The Kier molecular flexibility index (Phi) is 7.52. The second-order valence-corrected chi connectivity index (χ2v) is 13.5. The second-order valence-electron chi connectivity index (χ2n) is 13.5. The summed E-state index contributed by atoms with van der Waals surface area (Å²) < 4.78 is 5.66. The van der Waals surface area contributed by atoms with Crippen LogP contribution in [0.25, 0.3) is 0 Å². The molecule has 0 aromatic heterocycles. The lowest BCUT2D eigenvalue weighted by Crippen LogP contribution is -2.61. The maximum Gasteiger partial charge on any atom is 0.332 e. The van der Waals surface area contributed by atoms with E-state index in [4.69, 9.17) is 4.74 Å². The third kappa shape index (κ3) is 4.71. The zero-order valence-corrected chi connectivity index (χ0v) is 22.9. The van der Waals surface area contributed by atoms with Gasteiger partial charge in [-0.2, -0.15) is 0 Å². The highest BCUT2D eigenvalue weighted by atomic mass is 16.6. The van der Waals surface area contributed by atoms with E-state index in [0.29, 0.717) is 32.1 Å². The van der Waals surface area contributed by atoms with Gasteiger partial charge in [0.15, 0.2) is 5.78 Å². The van der Waals surface area contributed by atoms with Crippen LogP contribution < -0.4 is 0 Å². The van der Waals surface area contributed by atoms with E-state index in [9.17, 15) is 35.1 Å². The molecule has 5 N–H and O–H groups in total. The number of rotatable bonds is 7. The molecule has 210 valence electrons. The normalized spacial score (nSPS) is 43.2. The van der Waals surface area contributed by atoms with Crippen molar-refractivity contribution >= 4 is 11.8 Å². The molecule has 8 heteroatoms. The Bertz CT molecular complexity index is 939. The Morgan fingerprint density at radius 1 is 1.16 bits per heavy atom. The van der Waals surface area contributed by atoms with Gasteiger partial charge in [-0.15, -0.1) is 0 Å². The molecule has 8 nitrogen and oxygen atoms in total. The van der Waals surface area contributed by atoms with E-state index in [-0.39, 0.29) is 35.9 Å². The first-order valence-corrected chi connectivity index (χ1v) is 13.9. The molecule has 0 saturated heterocycles. The summed E-state index contributed by atoms with van der Waals surface area (Å²) in [6.07, 6.45) is 3.43. The lowest BCUT2D eigenvalue weighted by atomic mass is 9.46. The summed E-state index contributed by atoms with van der Waals surface area (Å²) in [5, 5.41) is 52.8. The molecule has 0 bridgehead atoms. The van der Waals surface area contributed by atoms with Crippen molar-refractivity contribution in [3.8, 4) is 0 Å². The number of hydrogen-bond donors (Lipinski definition) is 5. The predicted octanol–water partition coefficient (Wildman–Crippen LogP) is 2.28. The average molecular weight is 523 g/mol. The molecule has 0 unspecified atom stereocenters. The molecule has 0 aromatic rings. The minimum Gasteiger partial charge on any atom is -0.460 e. The van der Waals surface area contributed by atoms with Crippen LogP contribution in [0.1, 0.15) is 86.0 Å². The van der Waals surface area contributed by atoms with Gasteiger partial charge in [-0.1, -0.05) is 20.8 Å². The van der Waals surface area contributed by atoms with Crippen LogP contribution in [0.3, 0.4) is 0 Å². The number of aliphatic hydroxyl groups is 5. The molecule has 0 amide bonds. The quantitative estimate of drug-likeness (QED) is 0.320. The summed E-state index contributed by atoms with van der Waals surface area (Å²) in [4.78, 5) is 25.4. The van der Waals surface area contributed by atoms with Crippen LogP contribution in [0.2, 0.25) is 0 Å². The number of hydrogen-bond acceptors (Lipinski definition) is 8. The fourth-order valence-corrected chi connectivity index (χ4v) is 8.64. The van der Waals surface area contributed by atoms with Crippen molar-refractivity contribution in [3.63, 3.8) is 0 Å². The van der Waals surface area contributed by atoms with E-state index in [2.05, 4.69) is 6.92 Å². The van der Waals surface area contributed by atoms with Crippen LogP contribution in [0.4, 0.5) is 0 Å². The van der Waals surface area contributed by atoms with E-state index in [0.717, 1.165) is 18.4 Å². The first-order valence-electron chi connectivity index (χ1n) is 13.9. The molecule has 37 heavy (non-hydrogen) atoms. The fraction of sp³-hybridized carbons (Fsp3) is 0.862. The molecular formula is C29H46O8. The van der Waals surface area contributed by atoms with E-state index < -0.39 is 52.9 Å². The van der Waals surface area contributed by atoms with Crippen LogP contribution >= 0.6 is 0 Å². The number of carbonyl (C=O) groups excluding carboxylic acids is 2. The van der Waals surface area contributed by atoms with E-state index >= 15 is 0 Å². The molecule has 0 radical (unpaired) electrons. The number of aliphatic hydroxyl groups excluding tert-OH is 3. The van der Waals surface area contributed by atoms with Crippen molar-refractivity contribution in [3.05, 3.63) is 11.6 Å². The fourth-order valence-electron chi connectivity index (χ4n) is 8.64. The van der Waals surface area contributed by atoms with Gasteiger partial charge >= 0.3 is 5.97 Å². The highest BCUT2D eigenvalue weighted by Gasteiger charge is 2.67. The lowest BCUT2D eigenvalue weighted by molar-refractivity contribution is -0.164. The minimum atomic E-state index is -1.19. The first-order chi connectivity index (χ1) is 17.1. The molecule has 4 aliphatic rings. The van der Waals surface area contributed by atoms with Gasteiger partial charge in [0, 0.05) is 11.3 Å². The molecule has 3 saturated carbocycles. The van der Waals surface area contributed by atoms with Crippen LogP contribution in [0, 0.1) is 34.5 Å². The number of fused-ring (bicyclic) bond motifs is 5. The molecule has 0 heterocycles. The van der Waals surface area contributed by atoms with Crippen LogP contribution in [0.15, 0.2) is 11.6 Å². The number of ether oxygens (including phenoxy) is 1. The number of ketones is 1. The predicted molar refractivity (Wildman–Crippen MR) is 136 cm³/mol. The summed E-state index contributed by atoms with van der Waals surface area (Å²) in [6.45, 7) is 8.84. The van der Waals surface area contributed by atoms with Crippen LogP contribution in [-0.4, -0.2) is 73.4 Å². The monoisotopic (exact) mass is 522 g/mol. The summed E-state index contributed by atoms with van der Waals surface area (Å²) in [7, 11) is 0. The van der Waals surface area contributed by atoms with Crippen molar-refractivity contribution in [2.24, 2.45) is 34.5 Å². The number of allylic oxidation sites excluding steroid dienone is 1. The maximum absolute atomic E-state index is 13.3. The molecule has 4 rings (SSSR count). The molecule has 4 aliphatic carbocycles. The van der Waals surface area contributed by atoms with Gasteiger partial charge in [0.25, 0.3) is 0 Å². The topological polar surface area (TPSA) is 145 Å². The van der Waals surface area contributed by atoms with Crippen molar-refractivity contribution in [2.75, 3.05) is 6.61 Å². The third-order valence-electron chi connectivity index (χ3n) is 10.9. The number of carbonyl (C=O) groups is 2. The smallest absolute Gasteiger partial charge is 0.332 e.